The second kappa shape index (κ2) is 8.48. The highest BCUT2D eigenvalue weighted by Crippen LogP contribution is 2.16. The first-order chi connectivity index (χ1) is 12.6. The average molecular weight is 348 g/mol. The number of nitrogens with zero attached hydrogens (tertiary/aromatic N) is 2. The van der Waals surface area contributed by atoms with Crippen LogP contribution in [0.3, 0.4) is 0 Å². The number of aromatic nitrogens is 1. The van der Waals surface area contributed by atoms with Gasteiger partial charge in [-0.2, -0.15) is 0 Å². The van der Waals surface area contributed by atoms with Crippen LogP contribution in [0.2, 0.25) is 0 Å². The molecule has 1 amide bonds. The number of hydrogen-bond donors (Lipinski definition) is 0. The van der Waals surface area contributed by atoms with E-state index in [0.29, 0.717) is 19.5 Å². The second-order valence-corrected chi connectivity index (χ2v) is 6.62. The maximum absolute atomic E-state index is 12.9. The Bertz CT molecular complexity index is 842. The summed E-state index contributed by atoms with van der Waals surface area (Å²) in [6.07, 6.45) is 6.39. The third-order valence-electron chi connectivity index (χ3n) is 4.48. The zero-order valence-corrected chi connectivity index (χ0v) is 15.3. The van der Waals surface area contributed by atoms with Gasteiger partial charge in [-0.25, -0.2) is 0 Å². The third kappa shape index (κ3) is 4.82. The van der Waals surface area contributed by atoms with Crippen LogP contribution in [0.4, 0.5) is 0 Å². The molecule has 0 atom stereocenters. The molecule has 0 fully saturated rings. The van der Waals surface area contributed by atoms with Crippen molar-refractivity contribution in [1.82, 2.24) is 9.88 Å². The predicted molar refractivity (Wildman–Crippen MR) is 101 cm³/mol. The number of furan rings is 1. The number of amides is 1. The summed E-state index contributed by atoms with van der Waals surface area (Å²) < 4.78 is 5.44. The van der Waals surface area contributed by atoms with Gasteiger partial charge in [0, 0.05) is 25.4 Å². The molecule has 0 saturated heterocycles. The van der Waals surface area contributed by atoms with E-state index in [1.54, 1.807) is 18.7 Å². The van der Waals surface area contributed by atoms with E-state index in [0.717, 1.165) is 17.7 Å². The largest absolute Gasteiger partial charge is 0.467 e. The number of benzene rings is 1. The molecule has 134 valence electrons. The lowest BCUT2D eigenvalue weighted by Crippen LogP contribution is -2.30. The number of aryl methyl sites for hydroxylation is 3. The highest BCUT2D eigenvalue weighted by molar-refractivity contribution is 5.76. The molecule has 1 aromatic carbocycles. The minimum atomic E-state index is 0.116. The minimum Gasteiger partial charge on any atom is -0.467 e. The van der Waals surface area contributed by atoms with Crippen LogP contribution in [0.1, 0.15) is 34.4 Å². The zero-order valence-electron chi connectivity index (χ0n) is 15.3. The summed E-state index contributed by atoms with van der Waals surface area (Å²) in [5, 5.41) is 0. The van der Waals surface area contributed by atoms with Crippen LogP contribution in [-0.2, 0) is 24.3 Å². The number of hydrogen-bond acceptors (Lipinski definition) is 3. The molecule has 0 saturated carbocycles. The Morgan fingerprint density at radius 3 is 2.69 bits per heavy atom. The van der Waals surface area contributed by atoms with Gasteiger partial charge in [0.25, 0.3) is 0 Å². The molecule has 0 radical (unpaired) electrons. The first-order valence-electron chi connectivity index (χ1n) is 8.87. The Hall–Kier alpha value is -2.88. The van der Waals surface area contributed by atoms with Crippen LogP contribution in [0.5, 0.6) is 0 Å². The summed E-state index contributed by atoms with van der Waals surface area (Å²) in [5.74, 6) is 0.902. The van der Waals surface area contributed by atoms with E-state index >= 15 is 0 Å². The maximum atomic E-state index is 12.9. The van der Waals surface area contributed by atoms with Crippen molar-refractivity contribution in [3.05, 3.63) is 89.1 Å². The molecule has 4 heteroatoms. The van der Waals surface area contributed by atoms with Crippen molar-refractivity contribution in [2.45, 2.75) is 39.8 Å². The quantitative estimate of drug-likeness (QED) is 0.633. The minimum absolute atomic E-state index is 0.116. The monoisotopic (exact) mass is 348 g/mol. The van der Waals surface area contributed by atoms with Crippen LogP contribution in [0.25, 0.3) is 0 Å². The van der Waals surface area contributed by atoms with Gasteiger partial charge in [-0.1, -0.05) is 29.8 Å². The number of rotatable bonds is 7. The highest BCUT2D eigenvalue weighted by atomic mass is 16.3. The fourth-order valence-electron chi connectivity index (χ4n) is 3.06. The van der Waals surface area contributed by atoms with Crippen molar-refractivity contribution in [2.24, 2.45) is 0 Å². The topological polar surface area (TPSA) is 46.3 Å². The molecule has 3 aromatic rings. The molecule has 0 aliphatic rings. The molecule has 0 spiro atoms. The van der Waals surface area contributed by atoms with Gasteiger partial charge in [-0.05, 0) is 55.2 Å². The van der Waals surface area contributed by atoms with E-state index in [2.05, 4.69) is 37.0 Å². The summed E-state index contributed by atoms with van der Waals surface area (Å²) in [6.45, 7) is 5.18. The van der Waals surface area contributed by atoms with Crippen LogP contribution >= 0.6 is 0 Å². The van der Waals surface area contributed by atoms with Crippen LogP contribution in [0, 0.1) is 13.8 Å². The Balaban J connectivity index is 1.69. The fraction of sp³-hybridized carbons (Fsp3) is 0.273. The summed E-state index contributed by atoms with van der Waals surface area (Å²) in [4.78, 5) is 18.9. The van der Waals surface area contributed by atoms with Gasteiger partial charge in [-0.15, -0.1) is 0 Å². The predicted octanol–water partition coefficient (Wildman–Crippen LogP) is 4.45. The molecule has 4 nitrogen and oxygen atoms in total. The molecule has 0 N–H and O–H groups in total. The first kappa shape index (κ1) is 17.9. The van der Waals surface area contributed by atoms with Gasteiger partial charge in [0.2, 0.25) is 5.91 Å². The van der Waals surface area contributed by atoms with E-state index in [4.69, 9.17) is 4.42 Å². The Morgan fingerprint density at radius 2 is 2.00 bits per heavy atom. The molecule has 0 aliphatic heterocycles. The Morgan fingerprint density at radius 1 is 1.12 bits per heavy atom. The smallest absolute Gasteiger partial charge is 0.223 e. The fourth-order valence-corrected chi connectivity index (χ4v) is 3.06. The normalized spacial score (nSPS) is 10.7. The lowest BCUT2D eigenvalue weighted by Gasteiger charge is -2.22. The van der Waals surface area contributed by atoms with Crippen molar-refractivity contribution >= 4 is 5.91 Å². The number of pyridine rings is 1. The Labute approximate surface area is 154 Å². The SMILES string of the molecule is Cc1ccc(CCC(=O)N(Cc2cccnc2)Cc2ccco2)c(C)c1. The van der Waals surface area contributed by atoms with E-state index in [1.807, 2.05) is 29.2 Å². The van der Waals surface area contributed by atoms with Gasteiger partial charge < -0.3 is 9.32 Å². The average Bonchev–Trinajstić information content (AvgIpc) is 3.14. The van der Waals surface area contributed by atoms with E-state index in [-0.39, 0.29) is 5.91 Å². The molecule has 26 heavy (non-hydrogen) atoms. The van der Waals surface area contributed by atoms with Crippen LogP contribution in [0.15, 0.2) is 65.5 Å². The summed E-state index contributed by atoms with van der Waals surface area (Å²) >= 11 is 0. The highest BCUT2D eigenvalue weighted by Gasteiger charge is 2.16. The summed E-state index contributed by atoms with van der Waals surface area (Å²) in [7, 11) is 0. The lowest BCUT2D eigenvalue weighted by atomic mass is 10.0. The first-order valence-corrected chi connectivity index (χ1v) is 8.87. The third-order valence-corrected chi connectivity index (χ3v) is 4.48. The zero-order chi connectivity index (χ0) is 18.4. The van der Waals surface area contributed by atoms with Gasteiger partial charge in [0.1, 0.15) is 5.76 Å². The van der Waals surface area contributed by atoms with E-state index < -0.39 is 0 Å². The second-order valence-electron chi connectivity index (χ2n) is 6.62. The van der Waals surface area contributed by atoms with Crippen molar-refractivity contribution in [2.75, 3.05) is 0 Å². The molecule has 2 heterocycles. The summed E-state index contributed by atoms with van der Waals surface area (Å²) in [5.41, 5.74) is 4.72. The molecule has 0 unspecified atom stereocenters. The molecular formula is C22H24N2O2. The van der Waals surface area contributed by atoms with Gasteiger partial charge in [0.15, 0.2) is 0 Å². The van der Waals surface area contributed by atoms with E-state index in [1.165, 1.54) is 16.7 Å². The molecule has 0 bridgehead atoms. The van der Waals surface area contributed by atoms with Crippen LogP contribution < -0.4 is 0 Å². The van der Waals surface area contributed by atoms with Crippen molar-refractivity contribution in [3.8, 4) is 0 Å². The molecular weight excluding hydrogens is 324 g/mol. The summed E-state index contributed by atoms with van der Waals surface area (Å²) in [6, 6.07) is 14.0. The van der Waals surface area contributed by atoms with Crippen molar-refractivity contribution in [1.29, 1.82) is 0 Å². The van der Waals surface area contributed by atoms with Crippen LogP contribution in [-0.4, -0.2) is 15.8 Å². The number of carbonyl (C=O) groups is 1. The van der Waals surface area contributed by atoms with Gasteiger partial charge in [0.05, 0.1) is 12.8 Å². The molecule has 0 aliphatic carbocycles. The number of carbonyl (C=O) groups excluding carboxylic acids is 1. The molecule has 2 aromatic heterocycles. The van der Waals surface area contributed by atoms with Crippen molar-refractivity contribution in [3.63, 3.8) is 0 Å². The lowest BCUT2D eigenvalue weighted by molar-refractivity contribution is -0.132. The van der Waals surface area contributed by atoms with E-state index in [9.17, 15) is 4.79 Å². The van der Waals surface area contributed by atoms with Gasteiger partial charge in [-0.3, -0.25) is 9.78 Å². The molecule has 3 rings (SSSR count). The Kier molecular flexibility index (Phi) is 5.84. The standard InChI is InChI=1S/C22H24N2O2/c1-17-7-8-20(18(2)13-17)9-10-22(25)24(16-21-6-4-12-26-21)15-19-5-3-11-23-14-19/h3-8,11-14H,9-10,15-16H2,1-2H3. The maximum Gasteiger partial charge on any atom is 0.223 e. The van der Waals surface area contributed by atoms with Gasteiger partial charge >= 0.3 is 0 Å². The van der Waals surface area contributed by atoms with Crippen molar-refractivity contribution < 1.29 is 9.21 Å².